The summed E-state index contributed by atoms with van der Waals surface area (Å²) < 4.78 is 13.7. The molecule has 0 saturated heterocycles. The monoisotopic (exact) mass is 307 g/mol. The van der Waals surface area contributed by atoms with Gasteiger partial charge in [-0.2, -0.15) is 0 Å². The van der Waals surface area contributed by atoms with Crippen LogP contribution in [0.5, 0.6) is 0 Å². The van der Waals surface area contributed by atoms with Crippen molar-refractivity contribution in [3.63, 3.8) is 0 Å². The van der Waals surface area contributed by atoms with Gasteiger partial charge in [-0.1, -0.05) is 19.1 Å². The van der Waals surface area contributed by atoms with Gasteiger partial charge in [0, 0.05) is 24.0 Å². The highest BCUT2D eigenvalue weighted by molar-refractivity contribution is 7.13. The summed E-state index contributed by atoms with van der Waals surface area (Å²) in [6.07, 6.45) is 1.06. The first-order chi connectivity index (χ1) is 10.2. The van der Waals surface area contributed by atoms with E-state index in [4.69, 9.17) is 0 Å². The number of carbonyl (C=O) groups excluding carboxylic acids is 1. The Kier molecular flexibility index (Phi) is 5.83. The number of thiazole rings is 1. The quantitative estimate of drug-likeness (QED) is 0.773. The van der Waals surface area contributed by atoms with Crippen LogP contribution in [0.15, 0.2) is 29.6 Å². The number of hydrogen-bond acceptors (Lipinski definition) is 4. The number of halogens is 1. The molecular formula is C15H18FN3OS. The van der Waals surface area contributed by atoms with Crippen LogP contribution in [-0.4, -0.2) is 30.5 Å². The molecule has 0 bridgehead atoms. The van der Waals surface area contributed by atoms with E-state index in [9.17, 15) is 9.18 Å². The number of nitrogens with one attached hydrogen (secondary N) is 2. The normalized spacial score (nSPS) is 10.6. The molecule has 6 heteroatoms. The van der Waals surface area contributed by atoms with Crippen molar-refractivity contribution in [2.45, 2.75) is 13.3 Å². The smallest absolute Gasteiger partial charge is 0.270 e. The average Bonchev–Trinajstić information content (AvgIpc) is 2.97. The number of amides is 1. The van der Waals surface area contributed by atoms with Crippen LogP contribution in [0.3, 0.4) is 0 Å². The molecule has 0 aliphatic rings. The van der Waals surface area contributed by atoms with Gasteiger partial charge in [-0.3, -0.25) is 4.79 Å². The maximum atomic E-state index is 13.7. The number of aromatic nitrogens is 1. The Labute approximate surface area is 127 Å². The predicted molar refractivity (Wildman–Crippen MR) is 83.0 cm³/mol. The van der Waals surface area contributed by atoms with E-state index < -0.39 is 0 Å². The first-order valence-electron chi connectivity index (χ1n) is 6.91. The van der Waals surface area contributed by atoms with Crippen LogP contribution < -0.4 is 10.6 Å². The van der Waals surface area contributed by atoms with Crippen molar-refractivity contribution >= 4 is 17.2 Å². The van der Waals surface area contributed by atoms with Crippen molar-refractivity contribution < 1.29 is 9.18 Å². The molecule has 1 heterocycles. The molecule has 0 radical (unpaired) electrons. The third-order valence-corrected chi connectivity index (χ3v) is 3.73. The summed E-state index contributed by atoms with van der Waals surface area (Å²) in [5, 5.41) is 8.15. The van der Waals surface area contributed by atoms with Gasteiger partial charge in [-0.15, -0.1) is 11.3 Å². The summed E-state index contributed by atoms with van der Waals surface area (Å²) in [5.74, 6) is -0.560. The topological polar surface area (TPSA) is 54.0 Å². The zero-order valence-corrected chi connectivity index (χ0v) is 12.7. The molecule has 1 aromatic carbocycles. The summed E-state index contributed by atoms with van der Waals surface area (Å²) >= 11 is 1.26. The molecule has 0 unspecified atom stereocenters. The van der Waals surface area contributed by atoms with Crippen LogP contribution in [0.1, 0.15) is 23.8 Å². The second-order valence-corrected chi connectivity index (χ2v) is 5.38. The fraction of sp³-hybridized carbons (Fsp3) is 0.333. The van der Waals surface area contributed by atoms with Gasteiger partial charge < -0.3 is 10.6 Å². The largest absolute Gasteiger partial charge is 0.349 e. The van der Waals surface area contributed by atoms with Gasteiger partial charge in [-0.25, -0.2) is 9.37 Å². The maximum Gasteiger partial charge on any atom is 0.270 e. The molecule has 2 rings (SSSR count). The molecule has 0 aliphatic carbocycles. The van der Waals surface area contributed by atoms with E-state index in [1.807, 2.05) is 0 Å². The number of carbonyl (C=O) groups is 1. The zero-order chi connectivity index (χ0) is 15.1. The molecule has 2 aromatic rings. The number of benzene rings is 1. The Morgan fingerprint density at radius 1 is 1.29 bits per heavy atom. The van der Waals surface area contributed by atoms with Gasteiger partial charge in [-0.05, 0) is 25.1 Å². The van der Waals surface area contributed by atoms with Crippen molar-refractivity contribution in [1.82, 2.24) is 15.6 Å². The van der Waals surface area contributed by atoms with Gasteiger partial charge in [0.15, 0.2) is 0 Å². The highest BCUT2D eigenvalue weighted by atomic mass is 32.1. The first-order valence-corrected chi connectivity index (χ1v) is 7.79. The van der Waals surface area contributed by atoms with E-state index in [2.05, 4.69) is 22.5 Å². The van der Waals surface area contributed by atoms with Crippen molar-refractivity contribution in [2.75, 3.05) is 19.6 Å². The highest BCUT2D eigenvalue weighted by Crippen LogP contribution is 2.25. The summed E-state index contributed by atoms with van der Waals surface area (Å²) in [7, 11) is 0. The minimum absolute atomic E-state index is 0.230. The predicted octanol–water partition coefficient (Wildman–Crippen LogP) is 2.68. The fourth-order valence-electron chi connectivity index (χ4n) is 1.79. The molecule has 0 fully saturated rings. The SMILES string of the molecule is CCCNCCNC(=O)c1csc(-c2ccccc2F)n1. The minimum atomic E-state index is -0.331. The second-order valence-electron chi connectivity index (χ2n) is 4.52. The molecule has 112 valence electrons. The number of hydrogen-bond donors (Lipinski definition) is 2. The fourth-order valence-corrected chi connectivity index (χ4v) is 2.62. The Hall–Kier alpha value is -1.79. The summed E-state index contributed by atoms with van der Waals surface area (Å²) in [5.41, 5.74) is 0.750. The van der Waals surface area contributed by atoms with E-state index in [0.29, 0.717) is 22.8 Å². The molecule has 1 amide bonds. The Morgan fingerprint density at radius 3 is 2.86 bits per heavy atom. The van der Waals surface area contributed by atoms with Crippen LogP contribution in [0.2, 0.25) is 0 Å². The third-order valence-electron chi connectivity index (χ3n) is 2.86. The van der Waals surface area contributed by atoms with E-state index in [1.165, 1.54) is 17.4 Å². The van der Waals surface area contributed by atoms with Crippen LogP contribution in [0.4, 0.5) is 4.39 Å². The van der Waals surface area contributed by atoms with Crippen molar-refractivity contribution in [1.29, 1.82) is 0 Å². The van der Waals surface area contributed by atoms with Crippen LogP contribution in [-0.2, 0) is 0 Å². The van der Waals surface area contributed by atoms with Gasteiger partial charge >= 0.3 is 0 Å². The van der Waals surface area contributed by atoms with Gasteiger partial charge in [0.05, 0.1) is 0 Å². The second kappa shape index (κ2) is 7.85. The number of rotatable bonds is 7. The summed E-state index contributed by atoms with van der Waals surface area (Å²) in [6, 6.07) is 6.42. The van der Waals surface area contributed by atoms with Crippen molar-refractivity contribution in [2.24, 2.45) is 0 Å². The van der Waals surface area contributed by atoms with Crippen LogP contribution in [0, 0.1) is 5.82 Å². The lowest BCUT2D eigenvalue weighted by atomic mass is 10.2. The Balaban J connectivity index is 1.94. The Morgan fingerprint density at radius 2 is 2.10 bits per heavy atom. The molecular weight excluding hydrogens is 289 g/mol. The van der Waals surface area contributed by atoms with Gasteiger partial charge in [0.1, 0.15) is 16.5 Å². The molecule has 4 nitrogen and oxygen atoms in total. The van der Waals surface area contributed by atoms with Gasteiger partial charge in [0.25, 0.3) is 5.91 Å². The molecule has 21 heavy (non-hydrogen) atoms. The molecule has 0 spiro atoms. The average molecular weight is 307 g/mol. The van der Waals surface area contributed by atoms with E-state index in [0.717, 1.165) is 19.5 Å². The lowest BCUT2D eigenvalue weighted by molar-refractivity contribution is 0.0949. The van der Waals surface area contributed by atoms with E-state index in [1.54, 1.807) is 23.6 Å². The molecule has 0 saturated carbocycles. The van der Waals surface area contributed by atoms with E-state index >= 15 is 0 Å². The minimum Gasteiger partial charge on any atom is -0.349 e. The number of nitrogens with zero attached hydrogens (tertiary/aromatic N) is 1. The van der Waals surface area contributed by atoms with Crippen molar-refractivity contribution in [3.8, 4) is 10.6 Å². The lowest BCUT2D eigenvalue weighted by Crippen LogP contribution is -2.32. The van der Waals surface area contributed by atoms with Crippen LogP contribution >= 0.6 is 11.3 Å². The zero-order valence-electron chi connectivity index (χ0n) is 11.9. The maximum absolute atomic E-state index is 13.7. The van der Waals surface area contributed by atoms with Crippen LogP contribution in [0.25, 0.3) is 10.6 Å². The lowest BCUT2D eigenvalue weighted by Gasteiger charge is -2.04. The summed E-state index contributed by atoms with van der Waals surface area (Å²) in [6.45, 7) is 4.30. The Bertz CT molecular complexity index is 600. The molecule has 2 N–H and O–H groups in total. The van der Waals surface area contributed by atoms with Crippen molar-refractivity contribution in [3.05, 3.63) is 41.2 Å². The molecule has 0 atom stereocenters. The first kappa shape index (κ1) is 15.6. The summed E-state index contributed by atoms with van der Waals surface area (Å²) in [4.78, 5) is 16.1. The molecule has 0 aliphatic heterocycles. The third kappa shape index (κ3) is 4.34. The van der Waals surface area contributed by atoms with E-state index in [-0.39, 0.29) is 11.7 Å². The molecule has 1 aromatic heterocycles. The van der Waals surface area contributed by atoms with Gasteiger partial charge in [0.2, 0.25) is 0 Å². The standard InChI is InChI=1S/C15H18FN3OS/c1-2-7-17-8-9-18-14(20)13-10-21-15(19-13)11-5-3-4-6-12(11)16/h3-6,10,17H,2,7-9H2,1H3,(H,18,20). The highest BCUT2D eigenvalue weighted by Gasteiger charge is 2.13.